The average Bonchev–Trinajstić information content (AvgIpc) is 2.28. The molecule has 0 saturated carbocycles. The summed E-state index contributed by atoms with van der Waals surface area (Å²) in [6.07, 6.45) is 2.60. The molecular weight excluding hydrogens is 204 g/mol. The molecule has 2 aromatic rings. The van der Waals surface area contributed by atoms with Gasteiger partial charge in [0.15, 0.2) is 0 Å². The van der Waals surface area contributed by atoms with Gasteiger partial charge >= 0.3 is 5.97 Å². The highest BCUT2D eigenvalue weighted by Gasteiger charge is 2.02. The first-order chi connectivity index (χ1) is 7.68. The van der Waals surface area contributed by atoms with Crippen molar-refractivity contribution in [3.63, 3.8) is 0 Å². The van der Waals surface area contributed by atoms with Crippen LogP contribution in [0.5, 0.6) is 5.75 Å². The summed E-state index contributed by atoms with van der Waals surface area (Å²) in [6.45, 7) is 0. The van der Waals surface area contributed by atoms with Gasteiger partial charge < -0.3 is 10.2 Å². The third-order valence-electron chi connectivity index (χ3n) is 2.34. The number of carboxylic acids is 1. The summed E-state index contributed by atoms with van der Waals surface area (Å²) >= 11 is 0. The normalized spacial score (nSPS) is 11.0. The summed E-state index contributed by atoms with van der Waals surface area (Å²) in [4.78, 5) is 10.4. The molecule has 0 unspecified atom stereocenters. The second-order valence-corrected chi connectivity index (χ2v) is 3.39. The van der Waals surface area contributed by atoms with E-state index in [1.807, 2.05) is 18.2 Å². The number of hydrogen-bond donors (Lipinski definition) is 2. The largest absolute Gasteiger partial charge is 0.507 e. The monoisotopic (exact) mass is 214 g/mol. The van der Waals surface area contributed by atoms with E-state index >= 15 is 0 Å². The molecular formula is C13H10O3. The predicted octanol–water partition coefficient (Wildman–Crippen LogP) is 2.64. The van der Waals surface area contributed by atoms with Crippen molar-refractivity contribution in [2.24, 2.45) is 0 Å². The number of carboxylic acid groups (broad SMARTS) is 1. The molecule has 0 radical (unpaired) electrons. The highest BCUT2D eigenvalue weighted by Crippen LogP contribution is 2.27. The Kier molecular flexibility index (Phi) is 2.60. The Bertz CT molecular complexity index is 570. The fourth-order valence-electron chi connectivity index (χ4n) is 1.61. The number of hydrogen-bond acceptors (Lipinski definition) is 2. The van der Waals surface area contributed by atoms with Crippen LogP contribution in [-0.2, 0) is 4.79 Å². The molecule has 0 aromatic heterocycles. The number of phenolic OH excluding ortho intramolecular Hbond substituents is 1. The summed E-state index contributed by atoms with van der Waals surface area (Å²) in [5, 5.41) is 19.7. The third kappa shape index (κ3) is 1.88. The Morgan fingerprint density at radius 2 is 1.75 bits per heavy atom. The van der Waals surface area contributed by atoms with Crippen molar-refractivity contribution in [1.29, 1.82) is 0 Å². The van der Waals surface area contributed by atoms with Crippen LogP contribution in [0.15, 0.2) is 42.5 Å². The van der Waals surface area contributed by atoms with Crippen molar-refractivity contribution in [2.45, 2.75) is 0 Å². The fourth-order valence-corrected chi connectivity index (χ4v) is 1.61. The van der Waals surface area contributed by atoms with E-state index in [0.717, 1.165) is 22.4 Å². The van der Waals surface area contributed by atoms with Gasteiger partial charge in [-0.1, -0.05) is 30.3 Å². The van der Waals surface area contributed by atoms with Crippen molar-refractivity contribution in [2.75, 3.05) is 0 Å². The van der Waals surface area contributed by atoms with Gasteiger partial charge in [0.1, 0.15) is 5.75 Å². The molecule has 2 rings (SSSR count). The first-order valence-corrected chi connectivity index (χ1v) is 4.80. The SMILES string of the molecule is O=C(O)C=Cc1ccc(O)c2ccccc12. The molecule has 0 atom stereocenters. The van der Waals surface area contributed by atoms with Gasteiger partial charge in [0.05, 0.1) is 0 Å². The van der Waals surface area contributed by atoms with Crippen LogP contribution in [0.2, 0.25) is 0 Å². The fraction of sp³-hybridized carbons (Fsp3) is 0. The zero-order chi connectivity index (χ0) is 11.5. The van der Waals surface area contributed by atoms with Crippen LogP contribution in [0.4, 0.5) is 0 Å². The summed E-state index contributed by atoms with van der Waals surface area (Å²) in [7, 11) is 0. The van der Waals surface area contributed by atoms with Gasteiger partial charge in [0, 0.05) is 11.5 Å². The number of carbonyl (C=O) groups is 1. The first-order valence-electron chi connectivity index (χ1n) is 4.80. The van der Waals surface area contributed by atoms with E-state index in [-0.39, 0.29) is 5.75 Å². The number of aromatic hydroxyl groups is 1. The molecule has 80 valence electrons. The van der Waals surface area contributed by atoms with E-state index in [2.05, 4.69) is 0 Å². The molecule has 16 heavy (non-hydrogen) atoms. The van der Waals surface area contributed by atoms with Crippen molar-refractivity contribution >= 4 is 22.8 Å². The Morgan fingerprint density at radius 1 is 1.06 bits per heavy atom. The lowest BCUT2D eigenvalue weighted by atomic mass is 10.0. The van der Waals surface area contributed by atoms with Gasteiger partial charge in [-0.2, -0.15) is 0 Å². The topological polar surface area (TPSA) is 57.5 Å². The average molecular weight is 214 g/mol. The lowest BCUT2D eigenvalue weighted by Gasteiger charge is -2.03. The zero-order valence-electron chi connectivity index (χ0n) is 8.42. The smallest absolute Gasteiger partial charge is 0.328 e. The van der Waals surface area contributed by atoms with Gasteiger partial charge in [0.2, 0.25) is 0 Å². The van der Waals surface area contributed by atoms with Gasteiger partial charge in [0.25, 0.3) is 0 Å². The van der Waals surface area contributed by atoms with Crippen molar-refractivity contribution in [3.05, 3.63) is 48.0 Å². The van der Waals surface area contributed by atoms with Crippen LogP contribution in [0, 0.1) is 0 Å². The highest BCUT2D eigenvalue weighted by atomic mass is 16.4. The van der Waals surface area contributed by atoms with Crippen LogP contribution < -0.4 is 0 Å². The van der Waals surface area contributed by atoms with Crippen molar-refractivity contribution in [3.8, 4) is 5.75 Å². The highest BCUT2D eigenvalue weighted by molar-refractivity contribution is 5.97. The quantitative estimate of drug-likeness (QED) is 0.755. The molecule has 0 aliphatic rings. The number of rotatable bonds is 2. The molecule has 2 aromatic carbocycles. The lowest BCUT2D eigenvalue weighted by molar-refractivity contribution is -0.131. The molecule has 0 aliphatic heterocycles. The Hall–Kier alpha value is -2.29. The van der Waals surface area contributed by atoms with E-state index in [0.29, 0.717) is 0 Å². The molecule has 0 amide bonds. The maximum absolute atomic E-state index is 10.4. The number of fused-ring (bicyclic) bond motifs is 1. The zero-order valence-corrected chi connectivity index (χ0v) is 8.42. The maximum atomic E-state index is 10.4. The van der Waals surface area contributed by atoms with Gasteiger partial charge in [-0.05, 0) is 23.1 Å². The van der Waals surface area contributed by atoms with Crippen LogP contribution >= 0.6 is 0 Å². The standard InChI is InChI=1S/C13H10O3/c14-12-7-5-9(6-8-13(15)16)10-3-1-2-4-11(10)12/h1-8,14H,(H,15,16). The van der Waals surface area contributed by atoms with Crippen molar-refractivity contribution < 1.29 is 15.0 Å². The van der Waals surface area contributed by atoms with E-state index in [1.165, 1.54) is 6.08 Å². The molecule has 2 N–H and O–H groups in total. The van der Waals surface area contributed by atoms with E-state index < -0.39 is 5.97 Å². The molecule has 3 heteroatoms. The van der Waals surface area contributed by atoms with Gasteiger partial charge in [-0.15, -0.1) is 0 Å². The molecule has 0 fully saturated rings. The molecule has 0 heterocycles. The minimum absolute atomic E-state index is 0.197. The van der Waals surface area contributed by atoms with Crippen LogP contribution in [0.25, 0.3) is 16.8 Å². The Morgan fingerprint density at radius 3 is 2.44 bits per heavy atom. The van der Waals surface area contributed by atoms with Crippen LogP contribution in [-0.4, -0.2) is 16.2 Å². The van der Waals surface area contributed by atoms with E-state index in [1.54, 1.807) is 18.2 Å². The summed E-state index contributed by atoms with van der Waals surface area (Å²) in [6, 6.07) is 10.6. The summed E-state index contributed by atoms with van der Waals surface area (Å²) in [5.41, 5.74) is 0.774. The molecule has 0 saturated heterocycles. The van der Waals surface area contributed by atoms with E-state index in [9.17, 15) is 9.90 Å². The number of aliphatic carboxylic acids is 1. The summed E-state index contributed by atoms with van der Waals surface area (Å²) < 4.78 is 0. The Balaban J connectivity index is 2.63. The van der Waals surface area contributed by atoms with Crippen LogP contribution in [0.3, 0.4) is 0 Å². The van der Waals surface area contributed by atoms with E-state index in [4.69, 9.17) is 5.11 Å². The van der Waals surface area contributed by atoms with Crippen LogP contribution in [0.1, 0.15) is 5.56 Å². The first kappa shape index (κ1) is 10.2. The Labute approximate surface area is 92.3 Å². The lowest BCUT2D eigenvalue weighted by Crippen LogP contribution is -1.86. The number of phenols is 1. The molecule has 0 aliphatic carbocycles. The molecule has 0 bridgehead atoms. The second kappa shape index (κ2) is 4.06. The molecule has 3 nitrogen and oxygen atoms in total. The minimum Gasteiger partial charge on any atom is -0.507 e. The summed E-state index contributed by atoms with van der Waals surface area (Å²) in [5.74, 6) is -0.791. The maximum Gasteiger partial charge on any atom is 0.328 e. The number of benzene rings is 2. The predicted molar refractivity (Wildman–Crippen MR) is 62.3 cm³/mol. The molecule has 0 spiro atoms. The second-order valence-electron chi connectivity index (χ2n) is 3.39. The van der Waals surface area contributed by atoms with Gasteiger partial charge in [-0.25, -0.2) is 4.79 Å². The van der Waals surface area contributed by atoms with Crippen molar-refractivity contribution in [1.82, 2.24) is 0 Å². The third-order valence-corrected chi connectivity index (χ3v) is 2.34. The van der Waals surface area contributed by atoms with Gasteiger partial charge in [-0.3, -0.25) is 0 Å². The minimum atomic E-state index is -0.989.